The minimum absolute atomic E-state index is 0.0346. The van der Waals surface area contributed by atoms with Crippen LogP contribution in [0.5, 0.6) is 0 Å². The van der Waals surface area contributed by atoms with Gasteiger partial charge in [-0.05, 0) is 113 Å². The molecule has 1 heteroatoms. The number of para-hydroxylation sites is 1. The number of hydrogen-bond donors (Lipinski definition) is 0. The molecule has 51 heavy (non-hydrogen) atoms. The summed E-state index contributed by atoms with van der Waals surface area (Å²) in [4.78, 5) is 2.34. The Balaban J connectivity index is 1.27. The molecule has 8 aromatic rings. The zero-order valence-electron chi connectivity index (χ0n) is 29.1. The number of fused-ring (bicyclic) bond motifs is 7. The number of benzene rings is 8. The van der Waals surface area contributed by atoms with Gasteiger partial charge >= 0.3 is 0 Å². The van der Waals surface area contributed by atoms with E-state index in [4.69, 9.17) is 0 Å². The van der Waals surface area contributed by atoms with Crippen LogP contribution in [0, 0.1) is 0 Å². The third kappa shape index (κ3) is 4.48. The Hall–Kier alpha value is -6.18. The second-order valence-electron chi connectivity index (χ2n) is 14.6. The maximum atomic E-state index is 2.46. The Morgan fingerprint density at radius 1 is 0.392 bits per heavy atom. The van der Waals surface area contributed by atoms with Crippen molar-refractivity contribution in [1.82, 2.24) is 0 Å². The van der Waals surface area contributed by atoms with Crippen molar-refractivity contribution in [3.63, 3.8) is 0 Å². The van der Waals surface area contributed by atoms with Gasteiger partial charge in [0.25, 0.3) is 0 Å². The van der Waals surface area contributed by atoms with Crippen LogP contribution < -0.4 is 4.90 Å². The monoisotopic (exact) mass is 651 g/mol. The smallest absolute Gasteiger partial charge is 0.0488 e. The highest BCUT2D eigenvalue weighted by atomic mass is 15.1. The Labute approximate surface area is 299 Å². The molecule has 0 unspecified atom stereocenters. The second-order valence-corrected chi connectivity index (χ2v) is 14.6. The number of anilines is 2. The third-order valence-corrected chi connectivity index (χ3v) is 11.4. The summed E-state index contributed by atoms with van der Waals surface area (Å²) < 4.78 is 0. The van der Waals surface area contributed by atoms with Gasteiger partial charge in [-0.1, -0.05) is 159 Å². The van der Waals surface area contributed by atoms with Gasteiger partial charge in [-0.3, -0.25) is 0 Å². The minimum atomic E-state index is -0.0346. The van der Waals surface area contributed by atoms with Crippen molar-refractivity contribution >= 4 is 45.1 Å². The van der Waals surface area contributed by atoms with Gasteiger partial charge in [-0.25, -0.2) is 0 Å². The van der Waals surface area contributed by atoms with E-state index in [9.17, 15) is 0 Å². The van der Waals surface area contributed by atoms with E-state index in [-0.39, 0.29) is 5.41 Å². The highest BCUT2D eigenvalue weighted by Crippen LogP contribution is 2.52. The van der Waals surface area contributed by atoms with Crippen molar-refractivity contribution in [3.05, 3.63) is 180 Å². The first-order chi connectivity index (χ1) is 25.0. The fourth-order valence-electron chi connectivity index (χ4n) is 8.86. The molecular formula is C50H37N. The van der Waals surface area contributed by atoms with Crippen LogP contribution in [0.25, 0.3) is 78.2 Å². The molecule has 0 bridgehead atoms. The predicted octanol–water partition coefficient (Wildman–Crippen LogP) is 13.6. The highest BCUT2D eigenvalue weighted by Gasteiger charge is 2.35. The van der Waals surface area contributed by atoms with Gasteiger partial charge in [0, 0.05) is 23.8 Å². The fraction of sp³-hybridized carbons (Fsp3) is 0.0800. The average molecular weight is 652 g/mol. The zero-order valence-corrected chi connectivity index (χ0v) is 29.1. The van der Waals surface area contributed by atoms with Gasteiger partial charge in [0.05, 0.1) is 0 Å². The van der Waals surface area contributed by atoms with E-state index in [1.165, 1.54) is 99.7 Å². The van der Waals surface area contributed by atoms with Crippen LogP contribution in [0.3, 0.4) is 0 Å². The maximum Gasteiger partial charge on any atom is 0.0488 e. The second kappa shape index (κ2) is 11.2. The zero-order chi connectivity index (χ0) is 34.3. The number of rotatable bonds is 3. The fourth-order valence-corrected chi connectivity index (χ4v) is 8.86. The molecule has 0 aromatic heterocycles. The molecule has 1 heterocycles. The van der Waals surface area contributed by atoms with Crippen molar-refractivity contribution in [1.29, 1.82) is 0 Å². The average Bonchev–Trinajstić information content (AvgIpc) is 3.31. The third-order valence-electron chi connectivity index (χ3n) is 11.4. The van der Waals surface area contributed by atoms with E-state index < -0.39 is 0 Å². The van der Waals surface area contributed by atoms with Crippen LogP contribution in [0.2, 0.25) is 0 Å². The lowest BCUT2D eigenvalue weighted by Crippen LogP contribution is -2.14. The van der Waals surface area contributed by atoms with Crippen molar-refractivity contribution < 1.29 is 0 Å². The maximum absolute atomic E-state index is 2.46. The minimum Gasteiger partial charge on any atom is -0.344 e. The molecule has 1 aliphatic carbocycles. The molecule has 1 nitrogen and oxygen atoms in total. The molecule has 242 valence electrons. The van der Waals surface area contributed by atoms with Crippen LogP contribution in [0.4, 0.5) is 11.4 Å². The molecule has 0 radical (unpaired) electrons. The van der Waals surface area contributed by atoms with Crippen molar-refractivity contribution in [2.24, 2.45) is 0 Å². The summed E-state index contributed by atoms with van der Waals surface area (Å²) in [6, 6.07) is 58.7. The van der Waals surface area contributed by atoms with Gasteiger partial charge < -0.3 is 4.90 Å². The van der Waals surface area contributed by atoms with Crippen LogP contribution in [-0.4, -0.2) is 7.05 Å². The summed E-state index contributed by atoms with van der Waals surface area (Å²) in [6.07, 6.45) is 4.48. The molecule has 8 aromatic carbocycles. The molecule has 0 saturated carbocycles. The quantitative estimate of drug-likeness (QED) is 0.172. The Morgan fingerprint density at radius 2 is 0.980 bits per heavy atom. The molecule has 0 spiro atoms. The molecule has 2 aliphatic rings. The van der Waals surface area contributed by atoms with Crippen LogP contribution in [0.15, 0.2) is 158 Å². The summed E-state index contributed by atoms with van der Waals surface area (Å²) in [6.45, 7) is 4.71. The lowest BCUT2D eigenvalue weighted by molar-refractivity contribution is 0.660. The first-order valence-corrected chi connectivity index (χ1v) is 17.9. The molecule has 0 fully saturated rings. The standard InChI is InChI=1S/C50H37N/c1-50(2)44-19-11-10-16-38(44)42-30-36(26-28-45(42)50)49-40-18-9-8-17-39(40)48(41-27-25-35(29-43(41)49)32-13-5-4-6-14-32)37-24-23-34-22-21-33-15-7-12-20-46(33)51(3)47(34)31-37/h4-31H,1-3H3. The van der Waals surface area contributed by atoms with Crippen molar-refractivity contribution in [2.45, 2.75) is 19.3 Å². The Kier molecular flexibility index (Phi) is 6.51. The van der Waals surface area contributed by atoms with E-state index in [0.717, 1.165) is 0 Å². The molecule has 10 rings (SSSR count). The highest BCUT2D eigenvalue weighted by molar-refractivity contribution is 6.22. The molecule has 1 aliphatic heterocycles. The molecular weight excluding hydrogens is 615 g/mol. The number of nitrogens with zero attached hydrogens (tertiary/aromatic N) is 1. The lowest BCUT2D eigenvalue weighted by atomic mass is 9.81. The van der Waals surface area contributed by atoms with Gasteiger partial charge in [-0.2, -0.15) is 0 Å². The van der Waals surface area contributed by atoms with E-state index in [2.05, 4.69) is 196 Å². The first kappa shape index (κ1) is 29.7. The van der Waals surface area contributed by atoms with Gasteiger partial charge in [0.1, 0.15) is 0 Å². The van der Waals surface area contributed by atoms with Crippen LogP contribution in [-0.2, 0) is 5.41 Å². The van der Waals surface area contributed by atoms with E-state index >= 15 is 0 Å². The van der Waals surface area contributed by atoms with Gasteiger partial charge in [-0.15, -0.1) is 0 Å². The molecule has 0 N–H and O–H groups in total. The largest absolute Gasteiger partial charge is 0.344 e. The van der Waals surface area contributed by atoms with Gasteiger partial charge in [0.2, 0.25) is 0 Å². The normalized spacial score (nSPS) is 13.8. The van der Waals surface area contributed by atoms with E-state index in [1.807, 2.05) is 0 Å². The Bertz CT molecular complexity index is 2730. The number of hydrogen-bond acceptors (Lipinski definition) is 1. The van der Waals surface area contributed by atoms with E-state index in [1.54, 1.807) is 0 Å². The topological polar surface area (TPSA) is 3.24 Å². The van der Waals surface area contributed by atoms with Crippen molar-refractivity contribution in [2.75, 3.05) is 11.9 Å². The lowest BCUT2D eigenvalue weighted by Gasteiger charge is -2.24. The SMILES string of the molecule is CN1c2ccccc2C=Cc2ccc(-c3c4ccccc4c(-c4ccc5c(c4)-c4ccccc4C5(C)C)c4cc(-c5ccccc5)ccc34)cc21. The van der Waals surface area contributed by atoms with E-state index in [0.29, 0.717) is 0 Å². The molecule has 0 saturated heterocycles. The van der Waals surface area contributed by atoms with Crippen molar-refractivity contribution in [3.8, 4) is 44.5 Å². The summed E-state index contributed by atoms with van der Waals surface area (Å²) in [7, 11) is 2.19. The first-order valence-electron chi connectivity index (χ1n) is 17.9. The summed E-state index contributed by atoms with van der Waals surface area (Å²) in [5.74, 6) is 0. The molecule has 0 atom stereocenters. The van der Waals surface area contributed by atoms with Crippen LogP contribution in [0.1, 0.15) is 36.1 Å². The summed E-state index contributed by atoms with van der Waals surface area (Å²) in [5, 5.41) is 5.06. The van der Waals surface area contributed by atoms with Crippen LogP contribution >= 0.6 is 0 Å². The summed E-state index contributed by atoms with van der Waals surface area (Å²) >= 11 is 0. The predicted molar refractivity (Wildman–Crippen MR) is 219 cm³/mol. The molecule has 0 amide bonds. The van der Waals surface area contributed by atoms with Gasteiger partial charge in [0.15, 0.2) is 0 Å². The summed E-state index contributed by atoms with van der Waals surface area (Å²) in [5.41, 5.74) is 17.8. The Morgan fingerprint density at radius 3 is 1.80 bits per heavy atom.